The molecule has 0 aliphatic carbocycles. The number of alkyl carbamates (subject to hydrolysis) is 1. The number of rotatable bonds is 6. The van der Waals surface area contributed by atoms with Gasteiger partial charge in [0.05, 0.1) is 47.7 Å². The molecule has 0 bridgehead atoms. The Bertz CT molecular complexity index is 1470. The molecule has 1 aliphatic rings. The first-order valence-corrected chi connectivity index (χ1v) is 12.6. The molecule has 4 aromatic rings. The standard InChI is InChI=1S/C26H27FN4O4S/c1-12(2)11-34-26(32)29-9-19-14(4)21-23(35-19)16(27)8-18-24(21)36-25(31-18)15-6-13(3)7-17-22(15)28-10-20(30-17)33-5/h6-8,10,12,14,19H,9,11H2,1-5H3,(H,29,32)/t14-,19-/m1/s1. The van der Waals surface area contributed by atoms with E-state index in [2.05, 4.69) is 15.3 Å². The number of hydrogen-bond acceptors (Lipinski definition) is 8. The Morgan fingerprint density at radius 2 is 2.06 bits per heavy atom. The van der Waals surface area contributed by atoms with Crippen molar-refractivity contribution in [2.45, 2.75) is 39.7 Å². The molecule has 8 nitrogen and oxygen atoms in total. The van der Waals surface area contributed by atoms with Gasteiger partial charge in [0.25, 0.3) is 0 Å². The van der Waals surface area contributed by atoms with Crippen LogP contribution in [0.2, 0.25) is 0 Å². The summed E-state index contributed by atoms with van der Waals surface area (Å²) in [7, 11) is 1.55. The Balaban J connectivity index is 1.49. The Morgan fingerprint density at radius 1 is 1.25 bits per heavy atom. The number of ether oxygens (including phenoxy) is 3. The van der Waals surface area contributed by atoms with Crippen LogP contribution in [0.5, 0.6) is 11.6 Å². The highest BCUT2D eigenvalue weighted by Gasteiger charge is 2.36. The second-order valence-corrected chi connectivity index (χ2v) is 10.4. The quantitative estimate of drug-likeness (QED) is 0.360. The molecule has 1 aliphatic heterocycles. The van der Waals surface area contributed by atoms with Crippen molar-refractivity contribution in [3.05, 3.63) is 41.3 Å². The third-order valence-electron chi connectivity index (χ3n) is 6.11. The average Bonchev–Trinajstić information content (AvgIpc) is 3.41. The van der Waals surface area contributed by atoms with Gasteiger partial charge in [-0.25, -0.2) is 24.1 Å². The summed E-state index contributed by atoms with van der Waals surface area (Å²) < 4.78 is 32.3. The van der Waals surface area contributed by atoms with E-state index in [9.17, 15) is 4.79 Å². The summed E-state index contributed by atoms with van der Waals surface area (Å²) in [6, 6.07) is 5.35. The number of carbonyl (C=O) groups excluding carboxylic acids is 1. The summed E-state index contributed by atoms with van der Waals surface area (Å²) in [6.45, 7) is 8.42. The second-order valence-electron chi connectivity index (χ2n) is 9.38. The van der Waals surface area contributed by atoms with Crippen molar-refractivity contribution < 1.29 is 23.4 Å². The molecule has 0 radical (unpaired) electrons. The maximum Gasteiger partial charge on any atom is 0.407 e. The van der Waals surface area contributed by atoms with Crippen LogP contribution in [0.15, 0.2) is 24.4 Å². The van der Waals surface area contributed by atoms with E-state index in [0.717, 1.165) is 26.4 Å². The minimum atomic E-state index is -0.509. The Morgan fingerprint density at radius 3 is 2.81 bits per heavy atom. The van der Waals surface area contributed by atoms with Crippen LogP contribution < -0.4 is 14.8 Å². The van der Waals surface area contributed by atoms with Gasteiger partial charge in [-0.3, -0.25) is 0 Å². The SMILES string of the molecule is COc1cnc2c(-c3nc4cc(F)c5c(c4s3)[C@H](C)[C@@H](CNC(=O)OCC(C)C)O5)cc(C)cc2n1. The first-order chi connectivity index (χ1) is 17.2. The molecule has 0 spiro atoms. The number of amides is 1. The summed E-state index contributed by atoms with van der Waals surface area (Å²) in [4.78, 5) is 25.8. The third kappa shape index (κ3) is 4.41. The largest absolute Gasteiger partial charge is 0.485 e. The number of thiazole rings is 1. The highest BCUT2D eigenvalue weighted by atomic mass is 32.1. The van der Waals surface area contributed by atoms with Crippen LogP contribution in [0.3, 0.4) is 0 Å². The van der Waals surface area contributed by atoms with Crippen molar-refractivity contribution in [2.24, 2.45) is 5.92 Å². The van der Waals surface area contributed by atoms with Gasteiger partial charge in [-0.1, -0.05) is 20.8 Å². The van der Waals surface area contributed by atoms with Gasteiger partial charge in [-0.05, 0) is 30.5 Å². The van der Waals surface area contributed by atoms with Crippen molar-refractivity contribution in [1.82, 2.24) is 20.3 Å². The fourth-order valence-corrected chi connectivity index (χ4v) is 5.53. The monoisotopic (exact) mass is 510 g/mol. The van der Waals surface area contributed by atoms with Crippen LogP contribution in [0.25, 0.3) is 31.8 Å². The lowest BCUT2D eigenvalue weighted by atomic mass is 9.97. The predicted molar refractivity (Wildman–Crippen MR) is 136 cm³/mol. The number of carbonyl (C=O) groups is 1. The van der Waals surface area contributed by atoms with E-state index in [-0.39, 0.29) is 24.1 Å². The molecule has 3 heterocycles. The van der Waals surface area contributed by atoms with Crippen molar-refractivity contribution in [3.63, 3.8) is 0 Å². The van der Waals surface area contributed by atoms with Crippen LogP contribution in [-0.4, -0.2) is 47.4 Å². The molecule has 2 atom stereocenters. The van der Waals surface area contributed by atoms with Gasteiger partial charge in [0.2, 0.25) is 5.88 Å². The Kier molecular flexibility index (Phi) is 6.38. The Hall–Kier alpha value is -3.53. The fourth-order valence-electron chi connectivity index (χ4n) is 4.33. The van der Waals surface area contributed by atoms with Gasteiger partial charge in [0, 0.05) is 23.1 Å². The van der Waals surface area contributed by atoms with Gasteiger partial charge in [-0.15, -0.1) is 11.3 Å². The highest BCUT2D eigenvalue weighted by Crippen LogP contribution is 2.47. The molecule has 0 unspecified atom stereocenters. The molecule has 36 heavy (non-hydrogen) atoms. The molecule has 10 heteroatoms. The molecule has 5 rings (SSSR count). The van der Waals surface area contributed by atoms with Crippen molar-refractivity contribution >= 4 is 38.7 Å². The zero-order chi connectivity index (χ0) is 25.6. The predicted octanol–water partition coefficient (Wildman–Crippen LogP) is 5.61. The number of hydrogen-bond donors (Lipinski definition) is 1. The maximum atomic E-state index is 15.1. The lowest BCUT2D eigenvalue weighted by molar-refractivity contribution is 0.125. The molecular formula is C26H27FN4O4S. The summed E-state index contributed by atoms with van der Waals surface area (Å²) in [5, 5.41) is 3.45. The highest BCUT2D eigenvalue weighted by molar-refractivity contribution is 7.22. The minimum absolute atomic E-state index is 0.157. The lowest BCUT2D eigenvalue weighted by Crippen LogP contribution is -2.36. The van der Waals surface area contributed by atoms with E-state index < -0.39 is 18.0 Å². The smallest absolute Gasteiger partial charge is 0.407 e. The number of halogens is 1. The van der Waals surface area contributed by atoms with E-state index in [0.29, 0.717) is 29.0 Å². The van der Waals surface area contributed by atoms with Gasteiger partial charge in [0.15, 0.2) is 11.6 Å². The molecule has 2 aromatic heterocycles. The summed E-state index contributed by atoms with van der Waals surface area (Å²) in [6.07, 6.45) is 0.645. The molecule has 0 saturated carbocycles. The number of fused-ring (bicyclic) bond motifs is 4. The zero-order valence-corrected chi connectivity index (χ0v) is 21.5. The zero-order valence-electron chi connectivity index (χ0n) is 20.7. The molecule has 0 fully saturated rings. The number of aromatic nitrogens is 3. The number of nitrogens with one attached hydrogen (secondary N) is 1. The second kappa shape index (κ2) is 9.50. The number of nitrogens with zero attached hydrogens (tertiary/aromatic N) is 3. The van der Waals surface area contributed by atoms with Gasteiger partial charge in [-0.2, -0.15) is 0 Å². The summed E-state index contributed by atoms with van der Waals surface area (Å²) >= 11 is 1.47. The topological polar surface area (TPSA) is 95.5 Å². The third-order valence-corrected chi connectivity index (χ3v) is 7.25. The van der Waals surface area contributed by atoms with Crippen molar-refractivity contribution in [1.29, 1.82) is 0 Å². The number of aryl methyl sites for hydroxylation is 1. The summed E-state index contributed by atoms with van der Waals surface area (Å²) in [5.74, 6) is 0.260. The van der Waals surface area contributed by atoms with E-state index in [1.54, 1.807) is 13.3 Å². The molecular weight excluding hydrogens is 483 g/mol. The molecule has 188 valence electrons. The lowest BCUT2D eigenvalue weighted by Gasteiger charge is -2.16. The van der Waals surface area contributed by atoms with E-state index >= 15 is 4.39 Å². The molecule has 0 saturated heterocycles. The van der Waals surface area contributed by atoms with Gasteiger partial charge in [0.1, 0.15) is 11.1 Å². The van der Waals surface area contributed by atoms with E-state index in [1.807, 2.05) is 39.8 Å². The normalized spacial score (nSPS) is 16.9. The van der Waals surface area contributed by atoms with E-state index in [4.69, 9.17) is 19.2 Å². The number of methoxy groups -OCH3 is 1. The molecule has 2 aromatic carbocycles. The first-order valence-electron chi connectivity index (χ1n) is 11.8. The van der Waals surface area contributed by atoms with Crippen molar-refractivity contribution in [3.8, 4) is 22.2 Å². The van der Waals surface area contributed by atoms with E-state index in [1.165, 1.54) is 17.4 Å². The van der Waals surface area contributed by atoms with Crippen LogP contribution in [-0.2, 0) is 4.74 Å². The molecule has 1 amide bonds. The molecule has 1 N–H and O–H groups in total. The van der Waals surface area contributed by atoms with Crippen molar-refractivity contribution in [2.75, 3.05) is 20.3 Å². The van der Waals surface area contributed by atoms with Gasteiger partial charge < -0.3 is 19.5 Å². The van der Waals surface area contributed by atoms with Crippen LogP contribution >= 0.6 is 11.3 Å². The maximum absolute atomic E-state index is 15.1. The minimum Gasteiger partial charge on any atom is -0.485 e. The fraction of sp³-hybridized carbons (Fsp3) is 0.385. The van der Waals surface area contributed by atoms with Crippen LogP contribution in [0.4, 0.5) is 9.18 Å². The first kappa shape index (κ1) is 24.2. The Labute approximate surface area is 211 Å². The van der Waals surface area contributed by atoms with Gasteiger partial charge >= 0.3 is 6.09 Å². The summed E-state index contributed by atoms with van der Waals surface area (Å²) in [5.41, 5.74) is 4.55. The van der Waals surface area contributed by atoms with Crippen LogP contribution in [0, 0.1) is 18.7 Å². The number of benzene rings is 2. The van der Waals surface area contributed by atoms with Crippen LogP contribution in [0.1, 0.15) is 37.8 Å². The average molecular weight is 511 g/mol.